The van der Waals surface area contributed by atoms with Crippen LogP contribution in [-0.4, -0.2) is 27.7 Å². The van der Waals surface area contributed by atoms with Crippen molar-refractivity contribution in [2.24, 2.45) is 0 Å². The summed E-state index contributed by atoms with van der Waals surface area (Å²) in [5.74, 6) is -0.921. The molecule has 3 rings (SSSR count). The van der Waals surface area contributed by atoms with Crippen molar-refractivity contribution in [3.63, 3.8) is 0 Å². The molecule has 1 amide bonds. The summed E-state index contributed by atoms with van der Waals surface area (Å²) in [5.41, 5.74) is 1.51. The van der Waals surface area contributed by atoms with Gasteiger partial charge in [0, 0.05) is 12.1 Å². The van der Waals surface area contributed by atoms with Crippen LogP contribution in [0.25, 0.3) is 0 Å². The lowest BCUT2D eigenvalue weighted by Crippen LogP contribution is -2.41. The number of hydrogen-bond donors (Lipinski definition) is 3. The summed E-state index contributed by atoms with van der Waals surface area (Å²) in [5, 5.41) is 12.3. The number of carbonyl (C=O) groups is 1. The Kier molecular flexibility index (Phi) is 6.35. The van der Waals surface area contributed by atoms with Crippen molar-refractivity contribution in [2.45, 2.75) is 9.10 Å². The molecule has 0 radical (unpaired) electrons. The topological polar surface area (TPSA) is 165 Å². The van der Waals surface area contributed by atoms with E-state index >= 15 is 0 Å². The van der Waals surface area contributed by atoms with Crippen LogP contribution in [-0.2, 0) is 20.0 Å². The van der Waals surface area contributed by atoms with Gasteiger partial charge in [-0.3, -0.25) is 25.1 Å². The van der Waals surface area contributed by atoms with E-state index in [9.17, 15) is 31.7 Å². The summed E-state index contributed by atoms with van der Waals surface area (Å²) in [6, 6.07) is 12.6. The molecule has 3 N–H and O–H groups in total. The SMILES string of the molecule is O=C(NNS(=O)(=O)c1ccc([N+](=O)[O-])cc1)c1ccccc1NS(=O)(=O)c1cccs1. The molecule has 1 aromatic heterocycles. The van der Waals surface area contributed by atoms with Crippen LogP contribution in [0.2, 0.25) is 0 Å². The zero-order valence-electron chi connectivity index (χ0n) is 15.4. The van der Waals surface area contributed by atoms with Crippen LogP contribution in [0.1, 0.15) is 10.4 Å². The van der Waals surface area contributed by atoms with E-state index in [-0.39, 0.29) is 26.0 Å². The molecule has 1 heterocycles. The van der Waals surface area contributed by atoms with E-state index < -0.39 is 30.9 Å². The van der Waals surface area contributed by atoms with Gasteiger partial charge in [-0.25, -0.2) is 16.8 Å². The first kappa shape index (κ1) is 22.4. The van der Waals surface area contributed by atoms with E-state index in [4.69, 9.17) is 0 Å². The highest BCUT2D eigenvalue weighted by atomic mass is 32.2. The number of nitrogens with one attached hydrogen (secondary N) is 3. The Balaban J connectivity index is 1.76. The molecular formula is C17H14N4O7S3. The van der Waals surface area contributed by atoms with E-state index in [1.807, 2.05) is 10.3 Å². The summed E-state index contributed by atoms with van der Waals surface area (Å²) in [7, 11) is -8.16. The molecule has 0 saturated carbocycles. The summed E-state index contributed by atoms with van der Waals surface area (Å²) < 4.78 is 51.8. The molecule has 0 aliphatic heterocycles. The quantitative estimate of drug-likeness (QED) is 0.327. The fourth-order valence-corrected chi connectivity index (χ4v) is 5.28. The summed E-state index contributed by atoms with van der Waals surface area (Å²) in [6.45, 7) is 0. The number of non-ortho nitro benzene ring substituents is 1. The largest absolute Gasteiger partial charge is 0.278 e. The second-order valence-corrected chi connectivity index (χ2v) is 10.4. The van der Waals surface area contributed by atoms with E-state index in [1.165, 1.54) is 30.3 Å². The Morgan fingerprint density at radius 3 is 2.19 bits per heavy atom. The molecule has 2 aromatic carbocycles. The Morgan fingerprint density at radius 1 is 0.903 bits per heavy atom. The monoisotopic (exact) mass is 482 g/mol. The molecule has 11 nitrogen and oxygen atoms in total. The van der Waals surface area contributed by atoms with Crippen molar-refractivity contribution in [1.82, 2.24) is 10.3 Å². The Labute approximate surface area is 181 Å². The standard InChI is InChI=1S/C17H14N4O7S3/c22-17(18-20-30(25,26)13-9-7-12(8-10-13)21(23)24)14-4-1-2-5-15(14)19-31(27,28)16-6-3-11-29-16/h1-11,19-20H,(H,18,22). The maximum atomic E-state index is 12.5. The van der Waals surface area contributed by atoms with Gasteiger partial charge in [-0.1, -0.05) is 18.2 Å². The zero-order valence-corrected chi connectivity index (χ0v) is 17.8. The van der Waals surface area contributed by atoms with E-state index in [0.29, 0.717) is 0 Å². The van der Waals surface area contributed by atoms with Gasteiger partial charge in [-0.2, -0.15) is 0 Å². The molecule has 162 valence electrons. The summed E-state index contributed by atoms with van der Waals surface area (Å²) in [4.78, 5) is 24.0. The molecular weight excluding hydrogens is 468 g/mol. The number of rotatable bonds is 8. The minimum absolute atomic E-state index is 0.0431. The Hall–Kier alpha value is -3.33. The molecule has 0 bridgehead atoms. The maximum absolute atomic E-state index is 12.5. The molecule has 0 unspecified atom stereocenters. The number of nitro groups is 1. The third-order valence-corrected chi connectivity index (χ3v) is 7.86. The third kappa shape index (κ3) is 5.24. The molecule has 0 spiro atoms. The van der Waals surface area contributed by atoms with Crippen LogP contribution in [0, 0.1) is 10.1 Å². The fraction of sp³-hybridized carbons (Fsp3) is 0. The van der Waals surface area contributed by atoms with Gasteiger partial charge in [0.1, 0.15) is 4.21 Å². The molecule has 0 aliphatic carbocycles. The van der Waals surface area contributed by atoms with Gasteiger partial charge in [0.2, 0.25) is 0 Å². The van der Waals surface area contributed by atoms with Gasteiger partial charge >= 0.3 is 0 Å². The predicted molar refractivity (Wildman–Crippen MR) is 112 cm³/mol. The van der Waals surface area contributed by atoms with Gasteiger partial charge in [0.05, 0.1) is 21.1 Å². The van der Waals surface area contributed by atoms with E-state index in [0.717, 1.165) is 35.6 Å². The van der Waals surface area contributed by atoms with Gasteiger partial charge in [-0.05, 0) is 35.7 Å². The number of para-hydroxylation sites is 1. The van der Waals surface area contributed by atoms with Crippen molar-refractivity contribution < 1.29 is 26.6 Å². The second kappa shape index (κ2) is 8.81. The number of nitro benzene ring substituents is 1. The average Bonchev–Trinajstić information content (AvgIpc) is 3.28. The van der Waals surface area contributed by atoms with Crippen molar-refractivity contribution in [1.29, 1.82) is 0 Å². The molecule has 31 heavy (non-hydrogen) atoms. The summed E-state index contributed by atoms with van der Waals surface area (Å²) >= 11 is 0.993. The fourth-order valence-electron chi connectivity index (χ4n) is 2.37. The smallest absolute Gasteiger partial charge is 0.271 e. The van der Waals surface area contributed by atoms with E-state index in [1.54, 1.807) is 11.4 Å². The molecule has 3 aromatic rings. The lowest BCUT2D eigenvalue weighted by Gasteiger charge is -2.13. The van der Waals surface area contributed by atoms with Crippen molar-refractivity contribution in [2.75, 3.05) is 4.72 Å². The number of nitrogens with zero attached hydrogens (tertiary/aromatic N) is 1. The van der Waals surface area contributed by atoms with Crippen LogP contribution in [0.4, 0.5) is 11.4 Å². The number of sulfonamides is 2. The van der Waals surface area contributed by atoms with Crippen molar-refractivity contribution in [3.8, 4) is 0 Å². The number of carbonyl (C=O) groups excluding carboxylic acids is 1. The lowest BCUT2D eigenvalue weighted by molar-refractivity contribution is -0.384. The lowest BCUT2D eigenvalue weighted by atomic mass is 10.2. The highest BCUT2D eigenvalue weighted by molar-refractivity contribution is 7.94. The third-order valence-electron chi connectivity index (χ3n) is 3.83. The van der Waals surface area contributed by atoms with Gasteiger partial charge in [-0.15, -0.1) is 16.2 Å². The highest BCUT2D eigenvalue weighted by Gasteiger charge is 2.21. The number of hydrogen-bond acceptors (Lipinski definition) is 8. The number of amides is 1. The van der Waals surface area contributed by atoms with Gasteiger partial charge in [0.25, 0.3) is 31.6 Å². The minimum atomic E-state index is -4.23. The van der Waals surface area contributed by atoms with E-state index in [2.05, 4.69) is 4.72 Å². The first-order chi connectivity index (χ1) is 14.6. The molecule has 14 heteroatoms. The molecule has 0 atom stereocenters. The first-order valence-electron chi connectivity index (χ1n) is 8.32. The number of hydrazine groups is 1. The maximum Gasteiger partial charge on any atom is 0.271 e. The predicted octanol–water partition coefficient (Wildman–Crippen LogP) is 2.08. The highest BCUT2D eigenvalue weighted by Crippen LogP contribution is 2.23. The van der Waals surface area contributed by atoms with Gasteiger partial charge < -0.3 is 0 Å². The first-order valence-corrected chi connectivity index (χ1v) is 12.2. The Bertz CT molecular complexity index is 1320. The van der Waals surface area contributed by atoms with Crippen LogP contribution in [0.15, 0.2) is 75.1 Å². The number of anilines is 1. The normalized spacial score (nSPS) is 11.6. The van der Waals surface area contributed by atoms with Crippen molar-refractivity contribution in [3.05, 3.63) is 81.7 Å². The number of thiophene rings is 1. The summed E-state index contributed by atoms with van der Waals surface area (Å²) in [6.07, 6.45) is 0. The second-order valence-electron chi connectivity index (χ2n) is 5.89. The molecule has 0 fully saturated rings. The van der Waals surface area contributed by atoms with Crippen LogP contribution in [0.3, 0.4) is 0 Å². The minimum Gasteiger partial charge on any atom is -0.278 e. The van der Waals surface area contributed by atoms with Crippen LogP contribution >= 0.6 is 11.3 Å². The van der Waals surface area contributed by atoms with Gasteiger partial charge in [0.15, 0.2) is 0 Å². The van der Waals surface area contributed by atoms with Crippen LogP contribution in [0.5, 0.6) is 0 Å². The van der Waals surface area contributed by atoms with Crippen molar-refractivity contribution >= 4 is 48.7 Å². The molecule has 0 saturated heterocycles. The zero-order chi connectivity index (χ0) is 22.6. The average molecular weight is 483 g/mol. The van der Waals surface area contributed by atoms with Crippen LogP contribution < -0.4 is 15.0 Å². The Morgan fingerprint density at radius 2 is 1.58 bits per heavy atom. The number of benzene rings is 2. The molecule has 0 aliphatic rings.